The number of hydrogen-bond acceptors (Lipinski definition) is 2. The van der Waals surface area contributed by atoms with Crippen LogP contribution in [-0.4, -0.2) is 17.1 Å². The Bertz CT molecular complexity index is 674. The number of carbonyl (C=O) groups is 2. The van der Waals surface area contributed by atoms with Gasteiger partial charge in [0.15, 0.2) is 0 Å². The van der Waals surface area contributed by atoms with Crippen molar-refractivity contribution in [1.82, 2.24) is 0 Å². The highest BCUT2D eigenvalue weighted by Gasteiger charge is 2.13. The van der Waals surface area contributed by atoms with E-state index in [0.717, 1.165) is 30.3 Å². The Balaban J connectivity index is 1.99. The average Bonchev–Trinajstić information content (AvgIpc) is 2.60. The lowest BCUT2D eigenvalue weighted by Crippen LogP contribution is -2.18. The van der Waals surface area contributed by atoms with Crippen LogP contribution in [0.2, 0.25) is 0 Å². The van der Waals surface area contributed by atoms with Crippen molar-refractivity contribution in [2.75, 3.05) is 16.0 Å². The van der Waals surface area contributed by atoms with Crippen molar-refractivity contribution < 1.29 is 9.59 Å². The lowest BCUT2D eigenvalue weighted by Gasteiger charge is -2.11. The van der Waals surface area contributed by atoms with Crippen LogP contribution in [0.3, 0.4) is 0 Å². The summed E-state index contributed by atoms with van der Waals surface area (Å²) in [6, 6.07) is 16.3. The van der Waals surface area contributed by atoms with E-state index in [0.29, 0.717) is 17.7 Å². The molecule has 0 saturated heterocycles. The van der Waals surface area contributed by atoms with Crippen molar-refractivity contribution in [3.05, 3.63) is 60.2 Å². The standard InChI is InChI=1S/C19H21BrN2O2/c20-14-8-2-5-13-18(23)22-17-12-7-6-11-16(17)19(24)21-15-9-3-1-4-10-15/h1,3-4,6-7,9-12H,2,5,8,13-14H2,(H,21,24)(H,22,23). The maximum atomic E-state index is 12.4. The van der Waals surface area contributed by atoms with Gasteiger partial charge in [0.2, 0.25) is 5.91 Å². The Morgan fingerprint density at radius 2 is 1.54 bits per heavy atom. The first-order valence-electron chi connectivity index (χ1n) is 8.02. The maximum Gasteiger partial charge on any atom is 0.257 e. The van der Waals surface area contributed by atoms with Crippen LogP contribution in [-0.2, 0) is 4.79 Å². The van der Waals surface area contributed by atoms with Crippen LogP contribution in [0.15, 0.2) is 54.6 Å². The first-order valence-corrected chi connectivity index (χ1v) is 9.14. The molecule has 0 radical (unpaired) electrons. The fourth-order valence-corrected chi connectivity index (χ4v) is 2.68. The van der Waals surface area contributed by atoms with E-state index in [1.54, 1.807) is 24.3 Å². The smallest absolute Gasteiger partial charge is 0.257 e. The number of amides is 2. The summed E-state index contributed by atoms with van der Waals surface area (Å²) in [6.45, 7) is 0. The minimum Gasteiger partial charge on any atom is -0.325 e. The van der Waals surface area contributed by atoms with Gasteiger partial charge in [-0.2, -0.15) is 0 Å². The largest absolute Gasteiger partial charge is 0.325 e. The van der Waals surface area contributed by atoms with Gasteiger partial charge in [-0.05, 0) is 37.1 Å². The number of hydrogen-bond donors (Lipinski definition) is 2. The number of halogens is 1. The summed E-state index contributed by atoms with van der Waals surface area (Å²) in [7, 11) is 0. The number of rotatable bonds is 8. The lowest BCUT2D eigenvalue weighted by molar-refractivity contribution is -0.116. The van der Waals surface area contributed by atoms with Crippen molar-refractivity contribution >= 4 is 39.1 Å². The molecule has 2 N–H and O–H groups in total. The van der Waals surface area contributed by atoms with Gasteiger partial charge >= 0.3 is 0 Å². The van der Waals surface area contributed by atoms with Crippen LogP contribution in [0.25, 0.3) is 0 Å². The molecule has 0 aliphatic heterocycles. The Kier molecular flexibility index (Phi) is 7.49. The van der Waals surface area contributed by atoms with Crippen LogP contribution in [0.5, 0.6) is 0 Å². The molecular weight excluding hydrogens is 368 g/mol. The highest BCUT2D eigenvalue weighted by Crippen LogP contribution is 2.18. The fourth-order valence-electron chi connectivity index (χ4n) is 2.28. The topological polar surface area (TPSA) is 58.2 Å². The molecule has 2 amide bonds. The molecule has 24 heavy (non-hydrogen) atoms. The predicted octanol–water partition coefficient (Wildman–Crippen LogP) is 4.83. The highest BCUT2D eigenvalue weighted by atomic mass is 79.9. The first-order chi connectivity index (χ1) is 11.7. The van der Waals surface area contributed by atoms with Gasteiger partial charge in [-0.1, -0.05) is 52.7 Å². The summed E-state index contributed by atoms with van der Waals surface area (Å²) in [6.07, 6.45) is 3.37. The molecule has 126 valence electrons. The van der Waals surface area contributed by atoms with Crippen molar-refractivity contribution in [1.29, 1.82) is 0 Å². The molecule has 0 heterocycles. The van der Waals surface area contributed by atoms with E-state index in [1.165, 1.54) is 0 Å². The maximum absolute atomic E-state index is 12.4. The van der Waals surface area contributed by atoms with Crippen molar-refractivity contribution in [2.24, 2.45) is 0 Å². The lowest BCUT2D eigenvalue weighted by atomic mass is 10.1. The molecule has 5 heteroatoms. The first kappa shape index (κ1) is 18.2. The number of benzene rings is 2. The van der Waals surface area contributed by atoms with Gasteiger partial charge in [0.25, 0.3) is 5.91 Å². The van der Waals surface area contributed by atoms with Gasteiger partial charge < -0.3 is 10.6 Å². The van der Waals surface area contributed by atoms with E-state index in [9.17, 15) is 9.59 Å². The molecule has 2 aromatic rings. The molecule has 0 atom stereocenters. The van der Waals surface area contributed by atoms with Gasteiger partial charge in [0, 0.05) is 17.4 Å². The Morgan fingerprint density at radius 1 is 0.833 bits per heavy atom. The molecule has 0 aromatic heterocycles. The number of alkyl halides is 1. The number of para-hydroxylation sites is 2. The van der Waals surface area contributed by atoms with Crippen molar-refractivity contribution in [2.45, 2.75) is 25.7 Å². The number of carbonyl (C=O) groups excluding carboxylic acids is 2. The van der Waals surface area contributed by atoms with Gasteiger partial charge in [0.05, 0.1) is 11.3 Å². The Labute approximate surface area is 150 Å². The van der Waals surface area contributed by atoms with Gasteiger partial charge in [0.1, 0.15) is 0 Å². The molecule has 0 spiro atoms. The van der Waals surface area contributed by atoms with E-state index in [-0.39, 0.29) is 11.8 Å². The zero-order valence-electron chi connectivity index (χ0n) is 13.4. The van der Waals surface area contributed by atoms with Crippen LogP contribution < -0.4 is 10.6 Å². The predicted molar refractivity (Wildman–Crippen MR) is 102 cm³/mol. The highest BCUT2D eigenvalue weighted by molar-refractivity contribution is 9.09. The van der Waals surface area contributed by atoms with E-state index in [4.69, 9.17) is 0 Å². The molecule has 0 saturated carbocycles. The normalized spacial score (nSPS) is 10.2. The van der Waals surface area contributed by atoms with Gasteiger partial charge in [-0.3, -0.25) is 9.59 Å². The summed E-state index contributed by atoms with van der Waals surface area (Å²) in [4.78, 5) is 24.5. The summed E-state index contributed by atoms with van der Waals surface area (Å²) in [5.41, 5.74) is 1.71. The molecule has 2 aromatic carbocycles. The molecule has 0 aliphatic rings. The van der Waals surface area contributed by atoms with E-state index in [2.05, 4.69) is 26.6 Å². The number of unbranched alkanes of at least 4 members (excludes halogenated alkanes) is 2. The summed E-state index contributed by atoms with van der Waals surface area (Å²) < 4.78 is 0. The molecule has 0 aliphatic carbocycles. The number of nitrogens with one attached hydrogen (secondary N) is 2. The van der Waals surface area contributed by atoms with Crippen LogP contribution >= 0.6 is 15.9 Å². The molecule has 0 fully saturated rings. The average molecular weight is 389 g/mol. The van der Waals surface area contributed by atoms with E-state index < -0.39 is 0 Å². The number of anilines is 2. The molecule has 0 bridgehead atoms. The minimum atomic E-state index is -0.239. The monoisotopic (exact) mass is 388 g/mol. The van der Waals surface area contributed by atoms with Crippen molar-refractivity contribution in [3.8, 4) is 0 Å². The van der Waals surface area contributed by atoms with Gasteiger partial charge in [-0.15, -0.1) is 0 Å². The second kappa shape index (κ2) is 9.88. The van der Waals surface area contributed by atoms with Gasteiger partial charge in [-0.25, -0.2) is 0 Å². The minimum absolute atomic E-state index is 0.0652. The SMILES string of the molecule is O=C(CCCCCBr)Nc1ccccc1C(=O)Nc1ccccc1. The molecule has 0 unspecified atom stereocenters. The second-order valence-corrected chi connectivity index (χ2v) is 6.21. The fraction of sp³-hybridized carbons (Fsp3) is 0.263. The van der Waals surface area contributed by atoms with Crippen molar-refractivity contribution in [3.63, 3.8) is 0 Å². The third kappa shape index (κ3) is 5.81. The molecule has 4 nitrogen and oxygen atoms in total. The van der Waals surface area contributed by atoms with E-state index in [1.807, 2.05) is 30.3 Å². The molecule has 2 rings (SSSR count). The van der Waals surface area contributed by atoms with E-state index >= 15 is 0 Å². The van der Waals surface area contributed by atoms with Crippen LogP contribution in [0.1, 0.15) is 36.0 Å². The third-order valence-corrected chi connectivity index (χ3v) is 4.08. The summed E-state index contributed by atoms with van der Waals surface area (Å²) >= 11 is 3.38. The quantitative estimate of drug-likeness (QED) is 0.502. The van der Waals surface area contributed by atoms with Crippen LogP contribution in [0.4, 0.5) is 11.4 Å². The Hall–Kier alpha value is -2.14. The summed E-state index contributed by atoms with van der Waals surface area (Å²) in [5, 5.41) is 6.63. The zero-order chi connectivity index (χ0) is 17.2. The van der Waals surface area contributed by atoms with Crippen LogP contribution in [0, 0.1) is 0 Å². The zero-order valence-corrected chi connectivity index (χ0v) is 15.0. The third-order valence-electron chi connectivity index (χ3n) is 3.51. The summed E-state index contributed by atoms with van der Waals surface area (Å²) in [5.74, 6) is -0.305. The molecular formula is C19H21BrN2O2. The second-order valence-electron chi connectivity index (χ2n) is 5.41. The Morgan fingerprint density at radius 3 is 2.29 bits per heavy atom.